The van der Waals surface area contributed by atoms with Crippen LogP contribution in [0.3, 0.4) is 0 Å². The van der Waals surface area contributed by atoms with Gasteiger partial charge in [0, 0.05) is 0 Å². The van der Waals surface area contributed by atoms with Gasteiger partial charge in [-0.25, -0.2) is 0 Å². The second-order valence-corrected chi connectivity index (χ2v) is 4.87. The first kappa shape index (κ1) is 10.5. The van der Waals surface area contributed by atoms with Crippen molar-refractivity contribution in [2.45, 2.75) is 18.9 Å². The van der Waals surface area contributed by atoms with Crippen LogP contribution in [-0.4, -0.2) is 7.05 Å². The summed E-state index contributed by atoms with van der Waals surface area (Å²) in [5.74, 6) is 0. The van der Waals surface area contributed by atoms with E-state index in [0.717, 1.165) is 6.42 Å². The van der Waals surface area contributed by atoms with E-state index in [1.807, 2.05) is 7.05 Å². The number of benzene rings is 2. The Morgan fingerprint density at radius 2 is 1.35 bits per heavy atom. The average molecular weight is 223 g/mol. The van der Waals surface area contributed by atoms with Gasteiger partial charge in [-0.3, -0.25) is 0 Å². The highest BCUT2D eigenvalue weighted by Crippen LogP contribution is 2.38. The van der Waals surface area contributed by atoms with Gasteiger partial charge >= 0.3 is 0 Å². The van der Waals surface area contributed by atoms with Gasteiger partial charge in [-0.15, -0.1) is 0 Å². The highest BCUT2D eigenvalue weighted by atomic mass is 14.9. The fourth-order valence-corrected chi connectivity index (χ4v) is 2.94. The highest BCUT2D eigenvalue weighted by Gasteiger charge is 2.34. The Balaban J connectivity index is 2.28. The zero-order valence-corrected chi connectivity index (χ0v) is 10.3. The van der Waals surface area contributed by atoms with Crippen LogP contribution in [0.1, 0.15) is 29.2 Å². The molecule has 1 aliphatic carbocycles. The highest BCUT2D eigenvalue weighted by molar-refractivity contribution is 5.52. The predicted molar refractivity (Wildman–Crippen MR) is 71.2 cm³/mol. The lowest BCUT2D eigenvalue weighted by molar-refractivity contribution is 0.468. The molecule has 1 nitrogen and oxygen atoms in total. The van der Waals surface area contributed by atoms with E-state index < -0.39 is 0 Å². The van der Waals surface area contributed by atoms with Crippen LogP contribution in [-0.2, 0) is 12.0 Å². The Labute approximate surface area is 102 Å². The molecule has 1 aliphatic rings. The van der Waals surface area contributed by atoms with Gasteiger partial charge in [0.2, 0.25) is 0 Å². The third kappa shape index (κ3) is 1.43. The van der Waals surface area contributed by atoms with Gasteiger partial charge < -0.3 is 5.32 Å². The van der Waals surface area contributed by atoms with Crippen LogP contribution in [0.2, 0.25) is 0 Å². The second kappa shape index (κ2) is 3.71. The van der Waals surface area contributed by atoms with Crippen molar-refractivity contribution in [1.29, 1.82) is 0 Å². The molecule has 0 aromatic heterocycles. The van der Waals surface area contributed by atoms with Crippen molar-refractivity contribution in [3.63, 3.8) is 0 Å². The van der Waals surface area contributed by atoms with Gasteiger partial charge in [-0.1, -0.05) is 48.5 Å². The Morgan fingerprint density at radius 3 is 1.82 bits per heavy atom. The number of hydrogen-bond acceptors (Lipinski definition) is 1. The van der Waals surface area contributed by atoms with Crippen LogP contribution in [0.4, 0.5) is 0 Å². The normalized spacial score (nSPS) is 16.1. The summed E-state index contributed by atoms with van der Waals surface area (Å²) in [7, 11) is 2.04. The zero-order chi connectivity index (χ0) is 11.9. The van der Waals surface area contributed by atoms with Crippen LogP contribution in [0.15, 0.2) is 48.5 Å². The Bertz CT molecular complexity index is 511. The summed E-state index contributed by atoms with van der Waals surface area (Å²) in [5.41, 5.74) is 5.61. The fourth-order valence-electron chi connectivity index (χ4n) is 2.94. The van der Waals surface area contributed by atoms with Crippen molar-refractivity contribution in [3.8, 4) is 0 Å². The standard InChI is InChI=1S/C16H17N/c1-16(17-2)14-9-5-3-7-12(14)11-13-8-4-6-10-15(13)16/h3-10,17H,11H2,1-2H3. The van der Waals surface area contributed by atoms with Crippen molar-refractivity contribution in [2.24, 2.45) is 0 Å². The van der Waals surface area contributed by atoms with Crippen LogP contribution in [0, 0.1) is 0 Å². The van der Waals surface area contributed by atoms with E-state index in [4.69, 9.17) is 0 Å². The van der Waals surface area contributed by atoms with Crippen LogP contribution in [0.25, 0.3) is 0 Å². The molecule has 0 heterocycles. The lowest BCUT2D eigenvalue weighted by atomic mass is 9.73. The molecule has 0 bridgehead atoms. The molecule has 0 amide bonds. The minimum Gasteiger partial charge on any atom is -0.307 e. The van der Waals surface area contributed by atoms with E-state index in [1.54, 1.807) is 0 Å². The Hall–Kier alpha value is -1.60. The number of hydrogen-bond donors (Lipinski definition) is 1. The minimum absolute atomic E-state index is 0.0641. The van der Waals surface area contributed by atoms with E-state index in [0.29, 0.717) is 0 Å². The first-order valence-corrected chi connectivity index (χ1v) is 6.11. The van der Waals surface area contributed by atoms with E-state index in [1.165, 1.54) is 22.3 Å². The molecule has 86 valence electrons. The molecule has 2 aromatic rings. The molecule has 0 spiro atoms. The summed E-state index contributed by atoms with van der Waals surface area (Å²) in [6.45, 7) is 2.27. The van der Waals surface area contributed by atoms with Gasteiger partial charge in [0.25, 0.3) is 0 Å². The lowest BCUT2D eigenvalue weighted by Gasteiger charge is -2.38. The van der Waals surface area contributed by atoms with E-state index in [2.05, 4.69) is 60.8 Å². The largest absolute Gasteiger partial charge is 0.307 e. The van der Waals surface area contributed by atoms with Crippen LogP contribution >= 0.6 is 0 Å². The molecule has 1 heteroatoms. The van der Waals surface area contributed by atoms with Crippen molar-refractivity contribution >= 4 is 0 Å². The number of rotatable bonds is 1. The smallest absolute Gasteiger partial charge is 0.0665 e. The molecular weight excluding hydrogens is 206 g/mol. The van der Waals surface area contributed by atoms with Gasteiger partial charge in [-0.2, -0.15) is 0 Å². The maximum atomic E-state index is 3.49. The van der Waals surface area contributed by atoms with E-state index in [9.17, 15) is 0 Å². The van der Waals surface area contributed by atoms with E-state index in [-0.39, 0.29) is 5.54 Å². The van der Waals surface area contributed by atoms with Gasteiger partial charge in [0.1, 0.15) is 0 Å². The third-order valence-electron chi connectivity index (χ3n) is 3.99. The third-order valence-corrected chi connectivity index (χ3v) is 3.99. The second-order valence-electron chi connectivity index (χ2n) is 4.87. The molecule has 2 aromatic carbocycles. The molecule has 0 unspecified atom stereocenters. The zero-order valence-electron chi connectivity index (χ0n) is 10.3. The average Bonchev–Trinajstić information content (AvgIpc) is 2.39. The molecular formula is C16H17N. The quantitative estimate of drug-likeness (QED) is 0.783. The monoisotopic (exact) mass is 223 g/mol. The molecule has 0 saturated carbocycles. The van der Waals surface area contributed by atoms with Crippen molar-refractivity contribution < 1.29 is 0 Å². The summed E-state index contributed by atoms with van der Waals surface area (Å²) in [6, 6.07) is 17.5. The summed E-state index contributed by atoms with van der Waals surface area (Å²) in [6.07, 6.45) is 1.05. The van der Waals surface area contributed by atoms with Crippen molar-refractivity contribution in [2.75, 3.05) is 7.05 Å². The Kier molecular flexibility index (Phi) is 2.30. The summed E-state index contributed by atoms with van der Waals surface area (Å²) >= 11 is 0. The summed E-state index contributed by atoms with van der Waals surface area (Å²) in [4.78, 5) is 0. The molecule has 0 aliphatic heterocycles. The molecule has 0 saturated heterocycles. The molecule has 3 rings (SSSR count). The van der Waals surface area contributed by atoms with Gasteiger partial charge in [0.15, 0.2) is 0 Å². The molecule has 0 fully saturated rings. The topological polar surface area (TPSA) is 12.0 Å². The summed E-state index contributed by atoms with van der Waals surface area (Å²) < 4.78 is 0. The van der Waals surface area contributed by atoms with Crippen LogP contribution < -0.4 is 5.32 Å². The maximum Gasteiger partial charge on any atom is 0.0665 e. The molecule has 1 N–H and O–H groups in total. The summed E-state index contributed by atoms with van der Waals surface area (Å²) in [5, 5.41) is 3.49. The SMILES string of the molecule is CNC1(C)c2ccccc2Cc2ccccc21. The fraction of sp³-hybridized carbons (Fsp3) is 0.250. The lowest BCUT2D eigenvalue weighted by Crippen LogP contribution is -2.41. The predicted octanol–water partition coefficient (Wildman–Crippen LogP) is 3.07. The molecule has 0 atom stereocenters. The maximum absolute atomic E-state index is 3.49. The Morgan fingerprint density at radius 1 is 0.882 bits per heavy atom. The number of fused-ring (bicyclic) bond motifs is 2. The van der Waals surface area contributed by atoms with Crippen LogP contribution in [0.5, 0.6) is 0 Å². The van der Waals surface area contributed by atoms with Gasteiger partial charge in [-0.05, 0) is 42.6 Å². The van der Waals surface area contributed by atoms with Crippen molar-refractivity contribution in [1.82, 2.24) is 5.32 Å². The van der Waals surface area contributed by atoms with E-state index >= 15 is 0 Å². The number of nitrogens with one attached hydrogen (secondary N) is 1. The first-order chi connectivity index (χ1) is 8.25. The molecule has 17 heavy (non-hydrogen) atoms. The minimum atomic E-state index is -0.0641. The first-order valence-electron chi connectivity index (χ1n) is 6.11. The van der Waals surface area contributed by atoms with Gasteiger partial charge in [0.05, 0.1) is 5.54 Å². The molecule has 0 radical (unpaired) electrons. The van der Waals surface area contributed by atoms with Crippen molar-refractivity contribution in [3.05, 3.63) is 70.8 Å².